The number of carbonyl (C=O) groups excluding carboxylic acids is 1. The lowest BCUT2D eigenvalue weighted by Crippen LogP contribution is -2.46. The van der Waals surface area contributed by atoms with Gasteiger partial charge in [0.1, 0.15) is 6.29 Å². The van der Waals surface area contributed by atoms with Gasteiger partial charge in [0.25, 0.3) is 0 Å². The van der Waals surface area contributed by atoms with E-state index in [9.17, 15) is 14.9 Å². The molecule has 0 radical (unpaired) electrons. The molecule has 2 rings (SSSR count). The molecule has 7 nitrogen and oxygen atoms in total. The van der Waals surface area contributed by atoms with E-state index in [1.807, 2.05) is 0 Å². The molecule has 1 fully saturated rings. The first kappa shape index (κ1) is 14.3. The first-order valence-electron chi connectivity index (χ1n) is 6.39. The Kier molecular flexibility index (Phi) is 4.52. The van der Waals surface area contributed by atoms with E-state index in [2.05, 4.69) is 9.80 Å². The first-order valence-corrected chi connectivity index (χ1v) is 6.39. The van der Waals surface area contributed by atoms with Crippen LogP contribution in [0.1, 0.15) is 0 Å². The third kappa shape index (κ3) is 3.05. The van der Waals surface area contributed by atoms with Crippen molar-refractivity contribution in [3.05, 3.63) is 28.3 Å². The number of nitrogens with zero attached hydrogens (tertiary/aromatic N) is 3. The zero-order valence-electron chi connectivity index (χ0n) is 11.3. The van der Waals surface area contributed by atoms with Crippen LogP contribution in [0.15, 0.2) is 18.2 Å². The summed E-state index contributed by atoms with van der Waals surface area (Å²) in [6.45, 7) is 3.64. The molecule has 0 unspecified atom stereocenters. The van der Waals surface area contributed by atoms with E-state index in [4.69, 9.17) is 4.74 Å². The van der Waals surface area contributed by atoms with E-state index in [1.54, 1.807) is 12.1 Å². The number of aldehydes is 1. The Bertz CT molecular complexity index is 498. The summed E-state index contributed by atoms with van der Waals surface area (Å²) in [7, 11) is 1.42. The van der Waals surface area contributed by atoms with Crippen LogP contribution in [0.5, 0.6) is 5.75 Å². The molecule has 108 valence electrons. The Labute approximate surface area is 116 Å². The van der Waals surface area contributed by atoms with Crippen molar-refractivity contribution in [2.24, 2.45) is 0 Å². The summed E-state index contributed by atoms with van der Waals surface area (Å²) in [5.41, 5.74) is 0.869. The smallest absolute Gasteiger partial charge is 0.311 e. The van der Waals surface area contributed by atoms with Crippen molar-refractivity contribution in [1.82, 2.24) is 4.90 Å². The van der Waals surface area contributed by atoms with E-state index >= 15 is 0 Å². The van der Waals surface area contributed by atoms with Crippen LogP contribution in [0.3, 0.4) is 0 Å². The molecule has 1 aromatic rings. The number of anilines is 1. The molecule has 20 heavy (non-hydrogen) atoms. The average molecular weight is 279 g/mol. The molecular weight excluding hydrogens is 262 g/mol. The van der Waals surface area contributed by atoms with Crippen LogP contribution in [-0.2, 0) is 4.79 Å². The zero-order valence-corrected chi connectivity index (χ0v) is 11.3. The van der Waals surface area contributed by atoms with Crippen LogP contribution in [0.25, 0.3) is 0 Å². The Morgan fingerprint density at radius 3 is 2.60 bits per heavy atom. The highest BCUT2D eigenvalue weighted by atomic mass is 16.6. The van der Waals surface area contributed by atoms with E-state index in [0.29, 0.717) is 6.54 Å². The minimum Gasteiger partial charge on any atom is -0.490 e. The summed E-state index contributed by atoms with van der Waals surface area (Å²) in [6, 6.07) is 4.88. The minimum atomic E-state index is -0.454. The SMILES string of the molecule is COc1cc(N2CCN(CC=O)CC2)ccc1[N+](=O)[O-]. The van der Waals surface area contributed by atoms with Gasteiger partial charge in [0.05, 0.1) is 18.6 Å². The maximum Gasteiger partial charge on any atom is 0.311 e. The summed E-state index contributed by atoms with van der Waals surface area (Å²) in [5, 5.41) is 10.9. The van der Waals surface area contributed by atoms with Crippen LogP contribution in [0, 0.1) is 10.1 Å². The lowest BCUT2D eigenvalue weighted by molar-refractivity contribution is -0.385. The molecule has 1 aliphatic heterocycles. The number of hydrogen-bond donors (Lipinski definition) is 0. The topological polar surface area (TPSA) is 75.9 Å². The zero-order chi connectivity index (χ0) is 14.5. The summed E-state index contributed by atoms with van der Waals surface area (Å²) in [5.74, 6) is 0.267. The summed E-state index contributed by atoms with van der Waals surface area (Å²) < 4.78 is 5.07. The van der Waals surface area contributed by atoms with Crippen molar-refractivity contribution in [2.45, 2.75) is 0 Å². The van der Waals surface area contributed by atoms with Gasteiger partial charge in [-0.25, -0.2) is 0 Å². The fourth-order valence-electron chi connectivity index (χ4n) is 2.31. The third-order valence-electron chi connectivity index (χ3n) is 3.43. The van der Waals surface area contributed by atoms with Gasteiger partial charge in [-0.3, -0.25) is 15.0 Å². The average Bonchev–Trinajstić information content (AvgIpc) is 2.47. The molecule has 1 saturated heterocycles. The van der Waals surface area contributed by atoms with Gasteiger partial charge in [-0.15, -0.1) is 0 Å². The fourth-order valence-corrected chi connectivity index (χ4v) is 2.31. The van der Waals surface area contributed by atoms with Gasteiger partial charge in [-0.1, -0.05) is 0 Å². The van der Waals surface area contributed by atoms with Gasteiger partial charge in [0.2, 0.25) is 0 Å². The van der Waals surface area contributed by atoms with E-state index in [-0.39, 0.29) is 11.4 Å². The predicted octanol–water partition coefficient (Wildman–Crippen LogP) is 0.924. The summed E-state index contributed by atoms with van der Waals surface area (Å²) in [4.78, 5) is 25.1. The van der Waals surface area contributed by atoms with Crippen LogP contribution < -0.4 is 9.64 Å². The Morgan fingerprint density at radius 2 is 2.05 bits per heavy atom. The maximum absolute atomic E-state index is 10.9. The standard InChI is InChI=1S/C13H17N3O4/c1-20-13-10-11(2-3-12(13)16(18)19)15-6-4-14(5-7-15)8-9-17/h2-3,9-10H,4-8H2,1H3. The minimum absolute atomic E-state index is 0.0316. The second kappa shape index (κ2) is 6.33. The van der Waals surface area contributed by atoms with Gasteiger partial charge in [-0.2, -0.15) is 0 Å². The molecule has 1 aliphatic rings. The third-order valence-corrected chi connectivity index (χ3v) is 3.43. The number of methoxy groups -OCH3 is 1. The number of nitro benzene ring substituents is 1. The molecule has 0 atom stereocenters. The lowest BCUT2D eigenvalue weighted by Gasteiger charge is -2.35. The number of benzene rings is 1. The first-order chi connectivity index (χ1) is 9.65. The Hall–Kier alpha value is -2.15. The van der Waals surface area contributed by atoms with E-state index < -0.39 is 4.92 Å². The highest BCUT2D eigenvalue weighted by Crippen LogP contribution is 2.31. The Balaban J connectivity index is 2.10. The molecule has 1 heterocycles. The number of hydrogen-bond acceptors (Lipinski definition) is 6. The van der Waals surface area contributed by atoms with Crippen LogP contribution in [-0.4, -0.2) is 55.9 Å². The summed E-state index contributed by atoms with van der Waals surface area (Å²) in [6.07, 6.45) is 0.907. The maximum atomic E-state index is 10.9. The molecular formula is C13H17N3O4. The molecule has 1 aromatic carbocycles. The molecule has 0 bridgehead atoms. The molecule has 0 aliphatic carbocycles. The van der Waals surface area contributed by atoms with Crippen molar-refractivity contribution in [1.29, 1.82) is 0 Å². The fraction of sp³-hybridized carbons (Fsp3) is 0.462. The number of carbonyl (C=O) groups is 1. The van der Waals surface area contributed by atoms with Crippen molar-refractivity contribution in [3.8, 4) is 5.75 Å². The largest absolute Gasteiger partial charge is 0.490 e. The van der Waals surface area contributed by atoms with Crippen molar-refractivity contribution in [3.63, 3.8) is 0 Å². The van der Waals surface area contributed by atoms with Gasteiger partial charge >= 0.3 is 5.69 Å². The molecule has 0 aromatic heterocycles. The van der Waals surface area contributed by atoms with E-state index in [1.165, 1.54) is 13.2 Å². The monoisotopic (exact) mass is 279 g/mol. The van der Waals surface area contributed by atoms with Crippen LogP contribution >= 0.6 is 0 Å². The van der Waals surface area contributed by atoms with Crippen LogP contribution in [0.4, 0.5) is 11.4 Å². The molecule has 7 heteroatoms. The quantitative estimate of drug-likeness (QED) is 0.453. The van der Waals surface area contributed by atoms with Crippen molar-refractivity contribution < 1.29 is 14.5 Å². The molecule has 0 spiro atoms. The number of nitro groups is 1. The number of rotatable bonds is 5. The van der Waals surface area contributed by atoms with Gasteiger partial charge in [0.15, 0.2) is 5.75 Å². The van der Waals surface area contributed by atoms with Crippen LogP contribution in [0.2, 0.25) is 0 Å². The molecule has 0 saturated carbocycles. The van der Waals surface area contributed by atoms with Crippen molar-refractivity contribution in [2.75, 3.05) is 44.7 Å². The van der Waals surface area contributed by atoms with E-state index in [0.717, 1.165) is 38.2 Å². The lowest BCUT2D eigenvalue weighted by atomic mass is 10.2. The summed E-state index contributed by atoms with van der Waals surface area (Å²) >= 11 is 0. The highest BCUT2D eigenvalue weighted by molar-refractivity contribution is 5.59. The Morgan fingerprint density at radius 1 is 1.35 bits per heavy atom. The second-order valence-corrected chi connectivity index (χ2v) is 4.57. The normalized spacial score (nSPS) is 15.9. The number of piperazine rings is 1. The second-order valence-electron chi connectivity index (χ2n) is 4.57. The predicted molar refractivity (Wildman–Crippen MR) is 74.4 cm³/mol. The number of ether oxygens (including phenoxy) is 1. The molecule has 0 N–H and O–H groups in total. The molecule has 0 amide bonds. The highest BCUT2D eigenvalue weighted by Gasteiger charge is 2.20. The van der Waals surface area contributed by atoms with Gasteiger partial charge in [-0.05, 0) is 6.07 Å². The van der Waals surface area contributed by atoms with Crippen molar-refractivity contribution >= 4 is 17.7 Å². The van der Waals surface area contributed by atoms with Gasteiger partial charge < -0.3 is 14.4 Å². The van der Waals surface area contributed by atoms with Gasteiger partial charge in [0, 0.05) is 44.0 Å².